The van der Waals surface area contributed by atoms with E-state index in [0.717, 1.165) is 17.1 Å². The molecule has 0 aliphatic heterocycles. The predicted molar refractivity (Wildman–Crippen MR) is 44.4 cm³/mol. The summed E-state index contributed by atoms with van der Waals surface area (Å²) in [6, 6.07) is 0. The Morgan fingerprint density at radius 1 is 0.636 bits per heavy atom. The predicted octanol–water partition coefficient (Wildman–Crippen LogP) is 3.79. The van der Waals surface area contributed by atoms with Crippen LogP contribution in [0.4, 0.5) is 0 Å². The van der Waals surface area contributed by atoms with E-state index in [4.69, 9.17) is 0 Å². The van der Waals surface area contributed by atoms with E-state index in [1.807, 2.05) is 0 Å². The van der Waals surface area contributed by atoms with Crippen LogP contribution in [0.25, 0.3) is 0 Å². The van der Waals surface area contributed by atoms with Crippen LogP contribution in [0.2, 0.25) is 9.02 Å². The Morgan fingerprint density at radius 3 is 1.36 bits per heavy atom. The third-order valence-electron chi connectivity index (χ3n) is 2.83. The van der Waals surface area contributed by atoms with Gasteiger partial charge in [-0.3, -0.25) is 0 Å². The fourth-order valence-corrected chi connectivity index (χ4v) is 5.68. The molecule has 0 radical (unpaired) electrons. The molecule has 0 saturated heterocycles. The molecule has 66 valence electrons. The first kappa shape index (κ1) is 8.23. The fourth-order valence-electron chi connectivity index (χ4n) is 2.16. The molecule has 0 amide bonds. The van der Waals surface area contributed by atoms with Gasteiger partial charge in [-0.2, -0.15) is 0 Å². The molecule has 2 saturated carbocycles. The molecule has 0 aromatic heterocycles. The van der Waals surface area contributed by atoms with Gasteiger partial charge < -0.3 is 0 Å². The summed E-state index contributed by atoms with van der Waals surface area (Å²) >= 11 is 0.969. The molecule has 0 aromatic rings. The van der Waals surface area contributed by atoms with Crippen molar-refractivity contribution in [2.75, 3.05) is 0 Å². The second-order valence-electron chi connectivity index (χ2n) is 3.80. The molecule has 0 unspecified atom stereocenters. The number of hydrogen-bond donors (Lipinski definition) is 0. The molecular formula is C10H18Rh+. The molecule has 0 heterocycles. The van der Waals surface area contributed by atoms with Gasteiger partial charge in [-0.15, -0.1) is 0 Å². The monoisotopic (exact) mass is 241 g/mol. The summed E-state index contributed by atoms with van der Waals surface area (Å²) < 4.78 is 2.41. The molecule has 0 atom stereocenters. The molecule has 1 heteroatoms. The third-order valence-corrected chi connectivity index (χ3v) is 6.27. The van der Waals surface area contributed by atoms with Crippen LogP contribution >= 0.6 is 0 Å². The van der Waals surface area contributed by atoms with Crippen LogP contribution in [-0.2, 0) is 17.1 Å². The second-order valence-corrected chi connectivity index (χ2v) is 7.02. The van der Waals surface area contributed by atoms with Crippen LogP contribution < -0.4 is 0 Å². The molecule has 0 N–H and O–H groups in total. The van der Waals surface area contributed by atoms with Gasteiger partial charge in [0, 0.05) is 0 Å². The summed E-state index contributed by atoms with van der Waals surface area (Å²) in [5.74, 6) is 0. The van der Waals surface area contributed by atoms with Gasteiger partial charge in [0.15, 0.2) is 0 Å². The topological polar surface area (TPSA) is 0 Å². The normalized spacial score (nSPS) is 28.7. The zero-order valence-electron chi connectivity index (χ0n) is 7.14. The maximum atomic E-state index is 1.58. The standard InChI is InChI=1S/2C5H9.Rh/c2*1-2-4-5-3-1;/h2*1H,2-5H2;/q;;+1. The van der Waals surface area contributed by atoms with Crippen molar-refractivity contribution in [2.45, 2.75) is 60.4 Å². The quantitative estimate of drug-likeness (QED) is 0.645. The van der Waals surface area contributed by atoms with Gasteiger partial charge in [-0.1, -0.05) is 0 Å². The van der Waals surface area contributed by atoms with Crippen molar-refractivity contribution in [3.63, 3.8) is 0 Å². The Balaban J connectivity index is 1.71. The molecule has 0 spiro atoms. The molecular weight excluding hydrogens is 223 g/mol. The van der Waals surface area contributed by atoms with Gasteiger partial charge in [0.25, 0.3) is 0 Å². The first-order valence-corrected chi connectivity index (χ1v) is 6.91. The Labute approximate surface area is 77.7 Å². The van der Waals surface area contributed by atoms with Crippen molar-refractivity contribution in [1.29, 1.82) is 0 Å². The summed E-state index contributed by atoms with van der Waals surface area (Å²) in [5, 5.41) is 0. The SMILES string of the molecule is C1CC[CH]([Rh+][CH]2CCCC2)C1. The Kier molecular flexibility index (Phi) is 3.02. The molecule has 2 aliphatic carbocycles. The molecule has 2 fully saturated rings. The summed E-state index contributed by atoms with van der Waals surface area (Å²) in [7, 11) is 0. The maximum absolute atomic E-state index is 1.58. The zero-order valence-corrected chi connectivity index (χ0v) is 8.78. The molecule has 0 aromatic carbocycles. The molecule has 11 heavy (non-hydrogen) atoms. The van der Waals surface area contributed by atoms with Crippen molar-refractivity contribution >= 4 is 0 Å². The van der Waals surface area contributed by atoms with Gasteiger partial charge in [-0.05, 0) is 0 Å². The van der Waals surface area contributed by atoms with Crippen molar-refractivity contribution in [3.05, 3.63) is 0 Å². The van der Waals surface area contributed by atoms with E-state index in [-0.39, 0.29) is 0 Å². The Hall–Kier alpha value is 0.623. The van der Waals surface area contributed by atoms with Gasteiger partial charge in [0.1, 0.15) is 0 Å². The third kappa shape index (κ3) is 2.28. The van der Waals surface area contributed by atoms with Crippen LogP contribution in [0.3, 0.4) is 0 Å². The Morgan fingerprint density at radius 2 is 1.00 bits per heavy atom. The first-order valence-electron chi connectivity index (χ1n) is 5.02. The van der Waals surface area contributed by atoms with Crippen molar-refractivity contribution < 1.29 is 17.1 Å². The number of hydrogen-bond acceptors (Lipinski definition) is 0. The Bertz CT molecular complexity index is 96.0. The van der Waals surface area contributed by atoms with Gasteiger partial charge in [-0.25, -0.2) is 0 Å². The van der Waals surface area contributed by atoms with Crippen molar-refractivity contribution in [3.8, 4) is 0 Å². The van der Waals surface area contributed by atoms with E-state index in [1.54, 1.807) is 51.4 Å². The molecule has 2 aliphatic rings. The van der Waals surface area contributed by atoms with E-state index in [9.17, 15) is 0 Å². The summed E-state index contributed by atoms with van der Waals surface area (Å²) in [6.07, 6.45) is 12.5. The van der Waals surface area contributed by atoms with Gasteiger partial charge >= 0.3 is 77.5 Å². The summed E-state index contributed by atoms with van der Waals surface area (Å²) in [6.45, 7) is 0. The minimum atomic E-state index is 0.969. The van der Waals surface area contributed by atoms with E-state index < -0.39 is 0 Å². The van der Waals surface area contributed by atoms with Crippen LogP contribution in [-0.4, -0.2) is 0 Å². The van der Waals surface area contributed by atoms with Gasteiger partial charge in [0.05, 0.1) is 0 Å². The van der Waals surface area contributed by atoms with Crippen molar-refractivity contribution in [2.24, 2.45) is 0 Å². The van der Waals surface area contributed by atoms with E-state index in [0.29, 0.717) is 0 Å². The minimum absolute atomic E-state index is 0.969. The second kappa shape index (κ2) is 4.03. The van der Waals surface area contributed by atoms with Crippen molar-refractivity contribution in [1.82, 2.24) is 0 Å². The zero-order chi connectivity index (χ0) is 7.52. The number of rotatable bonds is 2. The van der Waals surface area contributed by atoms with Crippen LogP contribution in [0.5, 0.6) is 0 Å². The summed E-state index contributed by atoms with van der Waals surface area (Å²) in [5.41, 5.74) is 0. The summed E-state index contributed by atoms with van der Waals surface area (Å²) in [4.78, 5) is 0. The van der Waals surface area contributed by atoms with E-state index >= 15 is 0 Å². The fraction of sp³-hybridized carbons (Fsp3) is 1.00. The average molecular weight is 241 g/mol. The van der Waals surface area contributed by atoms with Crippen LogP contribution in [0.15, 0.2) is 0 Å². The van der Waals surface area contributed by atoms with Crippen LogP contribution in [0.1, 0.15) is 51.4 Å². The van der Waals surface area contributed by atoms with Crippen LogP contribution in [0, 0.1) is 0 Å². The van der Waals surface area contributed by atoms with E-state index in [1.165, 1.54) is 9.02 Å². The van der Waals surface area contributed by atoms with Gasteiger partial charge in [0.2, 0.25) is 0 Å². The average Bonchev–Trinajstić information content (AvgIpc) is 2.60. The molecule has 0 bridgehead atoms. The van der Waals surface area contributed by atoms with E-state index in [2.05, 4.69) is 0 Å². The molecule has 2 rings (SSSR count). The molecule has 0 nitrogen and oxygen atoms in total. The first-order chi connectivity index (χ1) is 5.45.